The number of hydrogen-bond donors (Lipinski definition) is 2. The summed E-state index contributed by atoms with van der Waals surface area (Å²) in [6, 6.07) is 23.7. The molecule has 0 heterocycles. The Hall–Kier alpha value is -3.53. The topological polar surface area (TPSA) is 50.4 Å². The number of rotatable bonds is 9. The minimum atomic E-state index is -0.0386. The van der Waals surface area contributed by atoms with E-state index < -0.39 is 0 Å². The molecular weight excluding hydrogens is 384 g/mol. The van der Waals surface area contributed by atoms with Gasteiger partial charge in [-0.15, -0.1) is 0 Å². The quantitative estimate of drug-likeness (QED) is 0.399. The zero-order valence-electron chi connectivity index (χ0n) is 18.4. The Kier molecular flexibility index (Phi) is 7.88. The van der Waals surface area contributed by atoms with Crippen molar-refractivity contribution in [3.8, 4) is 5.75 Å². The molecule has 1 amide bonds. The van der Waals surface area contributed by atoms with Crippen LogP contribution in [0.1, 0.15) is 41.8 Å². The lowest BCUT2D eigenvalue weighted by atomic mass is 10.1. The lowest BCUT2D eigenvalue weighted by Crippen LogP contribution is -2.25. The number of amides is 1. The van der Waals surface area contributed by atoms with Crippen molar-refractivity contribution in [2.45, 2.75) is 20.3 Å². The molecule has 0 aromatic heterocycles. The number of carbonyl (C=O) groups excluding carboxylic acids is 1. The standard InChI is InChI=1S/C27H30N2O2/c1-20(2)17-18-28-27(30)23-5-4-6-25(19-23)29-24-13-9-21(10-14-24)7-8-22-11-15-26(31-3)16-12-22/h4-16,19-20,29H,17-18H2,1-3H3,(H,28,30)/b8-7+. The van der Waals surface area contributed by atoms with Crippen LogP contribution in [0.4, 0.5) is 11.4 Å². The van der Waals surface area contributed by atoms with Gasteiger partial charge >= 0.3 is 0 Å². The van der Waals surface area contributed by atoms with Crippen molar-refractivity contribution < 1.29 is 9.53 Å². The van der Waals surface area contributed by atoms with Gasteiger partial charge in [0.05, 0.1) is 7.11 Å². The number of ether oxygens (including phenoxy) is 1. The fraction of sp³-hybridized carbons (Fsp3) is 0.222. The van der Waals surface area contributed by atoms with Crippen molar-refractivity contribution in [3.05, 3.63) is 89.5 Å². The lowest BCUT2D eigenvalue weighted by Gasteiger charge is -2.10. The minimum Gasteiger partial charge on any atom is -0.497 e. The molecule has 3 aromatic carbocycles. The second-order valence-electron chi connectivity index (χ2n) is 7.87. The molecule has 0 aliphatic heterocycles. The van der Waals surface area contributed by atoms with E-state index in [1.54, 1.807) is 7.11 Å². The number of anilines is 2. The van der Waals surface area contributed by atoms with Crippen molar-refractivity contribution in [3.63, 3.8) is 0 Å². The van der Waals surface area contributed by atoms with Crippen molar-refractivity contribution in [1.82, 2.24) is 5.32 Å². The molecule has 0 saturated heterocycles. The normalized spacial score (nSPS) is 11.0. The monoisotopic (exact) mass is 414 g/mol. The molecule has 3 rings (SSSR count). The van der Waals surface area contributed by atoms with Crippen LogP contribution in [0.25, 0.3) is 12.2 Å². The summed E-state index contributed by atoms with van der Waals surface area (Å²) >= 11 is 0. The first-order valence-corrected chi connectivity index (χ1v) is 10.6. The van der Waals surface area contributed by atoms with Gasteiger partial charge < -0.3 is 15.4 Å². The summed E-state index contributed by atoms with van der Waals surface area (Å²) < 4.78 is 5.19. The Morgan fingerprint density at radius 3 is 2.16 bits per heavy atom. The Morgan fingerprint density at radius 1 is 0.903 bits per heavy atom. The highest BCUT2D eigenvalue weighted by atomic mass is 16.5. The Labute approximate surface area is 185 Å². The van der Waals surface area contributed by atoms with Crippen LogP contribution in [0.2, 0.25) is 0 Å². The molecule has 0 radical (unpaired) electrons. The molecule has 0 saturated carbocycles. The molecule has 0 unspecified atom stereocenters. The van der Waals surface area contributed by atoms with Gasteiger partial charge in [-0.3, -0.25) is 4.79 Å². The van der Waals surface area contributed by atoms with Crippen LogP contribution >= 0.6 is 0 Å². The second kappa shape index (κ2) is 11.0. The van der Waals surface area contributed by atoms with Crippen molar-refractivity contribution in [1.29, 1.82) is 0 Å². The van der Waals surface area contributed by atoms with E-state index in [2.05, 4.69) is 48.8 Å². The maximum atomic E-state index is 12.3. The van der Waals surface area contributed by atoms with E-state index in [4.69, 9.17) is 4.74 Å². The van der Waals surface area contributed by atoms with Crippen LogP contribution in [0.3, 0.4) is 0 Å². The number of benzene rings is 3. The maximum Gasteiger partial charge on any atom is 0.251 e. The number of hydrogen-bond acceptors (Lipinski definition) is 3. The summed E-state index contributed by atoms with van der Waals surface area (Å²) in [5.41, 5.74) is 4.75. The predicted molar refractivity (Wildman–Crippen MR) is 130 cm³/mol. The highest BCUT2D eigenvalue weighted by molar-refractivity contribution is 5.95. The number of methoxy groups -OCH3 is 1. The third-order valence-electron chi connectivity index (χ3n) is 4.92. The predicted octanol–water partition coefficient (Wildman–Crippen LogP) is 6.39. The van der Waals surface area contributed by atoms with Gasteiger partial charge in [0.15, 0.2) is 0 Å². The Morgan fingerprint density at radius 2 is 1.55 bits per heavy atom. The van der Waals surface area contributed by atoms with Crippen molar-refractivity contribution in [2.75, 3.05) is 19.0 Å². The van der Waals surface area contributed by atoms with Gasteiger partial charge in [-0.2, -0.15) is 0 Å². The summed E-state index contributed by atoms with van der Waals surface area (Å²) in [6.45, 7) is 4.99. The van der Waals surface area contributed by atoms with Gasteiger partial charge in [-0.05, 0) is 65.9 Å². The molecule has 3 aromatic rings. The van der Waals surface area contributed by atoms with Crippen molar-refractivity contribution in [2.24, 2.45) is 5.92 Å². The third kappa shape index (κ3) is 7.03. The van der Waals surface area contributed by atoms with Gasteiger partial charge in [-0.1, -0.05) is 56.3 Å². The van der Waals surface area contributed by atoms with Crippen LogP contribution in [0, 0.1) is 5.92 Å². The van der Waals surface area contributed by atoms with Gasteiger partial charge in [0.2, 0.25) is 0 Å². The SMILES string of the molecule is COc1ccc(/C=C/c2ccc(Nc3cccc(C(=O)NCCC(C)C)c3)cc2)cc1. The molecular formula is C27H30N2O2. The summed E-state index contributed by atoms with van der Waals surface area (Å²) in [4.78, 5) is 12.3. The average molecular weight is 415 g/mol. The fourth-order valence-electron chi connectivity index (χ4n) is 3.07. The summed E-state index contributed by atoms with van der Waals surface area (Å²) in [6.07, 6.45) is 5.12. The van der Waals surface area contributed by atoms with E-state index in [9.17, 15) is 4.79 Å². The summed E-state index contributed by atoms with van der Waals surface area (Å²) in [5.74, 6) is 1.38. The molecule has 0 aliphatic carbocycles. The summed E-state index contributed by atoms with van der Waals surface area (Å²) in [7, 11) is 1.67. The molecule has 0 fully saturated rings. The molecule has 31 heavy (non-hydrogen) atoms. The second-order valence-corrected chi connectivity index (χ2v) is 7.87. The Bertz CT molecular complexity index is 1010. The van der Waals surface area contributed by atoms with E-state index in [1.807, 2.05) is 60.7 Å². The number of nitrogens with one attached hydrogen (secondary N) is 2. The highest BCUT2D eigenvalue weighted by Crippen LogP contribution is 2.20. The summed E-state index contributed by atoms with van der Waals surface area (Å²) in [5, 5.41) is 6.35. The van der Waals surface area contributed by atoms with Crippen LogP contribution in [0.15, 0.2) is 72.8 Å². The molecule has 0 aliphatic rings. The molecule has 160 valence electrons. The van der Waals surface area contributed by atoms with Crippen LogP contribution in [-0.4, -0.2) is 19.6 Å². The molecule has 0 atom stereocenters. The first-order chi connectivity index (χ1) is 15.0. The molecule has 0 bridgehead atoms. The van der Waals surface area contributed by atoms with E-state index in [0.717, 1.165) is 34.7 Å². The molecule has 0 spiro atoms. The van der Waals surface area contributed by atoms with Gasteiger partial charge in [0.1, 0.15) is 5.75 Å². The minimum absolute atomic E-state index is 0.0386. The van der Waals surface area contributed by atoms with Gasteiger partial charge in [0, 0.05) is 23.5 Å². The molecule has 4 nitrogen and oxygen atoms in total. The average Bonchev–Trinajstić information content (AvgIpc) is 2.79. The van der Waals surface area contributed by atoms with E-state index in [1.165, 1.54) is 0 Å². The zero-order valence-corrected chi connectivity index (χ0v) is 18.4. The van der Waals surface area contributed by atoms with Gasteiger partial charge in [0.25, 0.3) is 5.91 Å². The number of carbonyl (C=O) groups is 1. The fourth-order valence-corrected chi connectivity index (χ4v) is 3.07. The van der Waals surface area contributed by atoms with E-state index in [-0.39, 0.29) is 5.91 Å². The van der Waals surface area contributed by atoms with Gasteiger partial charge in [-0.25, -0.2) is 0 Å². The van der Waals surface area contributed by atoms with E-state index in [0.29, 0.717) is 18.0 Å². The van der Waals surface area contributed by atoms with Crippen molar-refractivity contribution >= 4 is 29.4 Å². The zero-order chi connectivity index (χ0) is 22.1. The first kappa shape index (κ1) is 22.2. The highest BCUT2D eigenvalue weighted by Gasteiger charge is 2.06. The smallest absolute Gasteiger partial charge is 0.251 e. The largest absolute Gasteiger partial charge is 0.497 e. The molecule has 4 heteroatoms. The van der Waals surface area contributed by atoms with Crippen LogP contribution in [-0.2, 0) is 0 Å². The third-order valence-corrected chi connectivity index (χ3v) is 4.92. The van der Waals surface area contributed by atoms with Crippen LogP contribution < -0.4 is 15.4 Å². The lowest BCUT2D eigenvalue weighted by molar-refractivity contribution is 0.0952. The van der Waals surface area contributed by atoms with E-state index >= 15 is 0 Å². The first-order valence-electron chi connectivity index (χ1n) is 10.6. The Balaban J connectivity index is 1.59. The van der Waals surface area contributed by atoms with Crippen LogP contribution in [0.5, 0.6) is 5.75 Å². The maximum absolute atomic E-state index is 12.3. The molecule has 2 N–H and O–H groups in total.